The summed E-state index contributed by atoms with van der Waals surface area (Å²) in [5.74, 6) is 0.618. The standard InChI is InChI=1S/C6H13NO4S2/c7-6(8)2-4-12-3-1-5-13(9,10)11/h1-5H2,(H2,7,8)(H,9,10,11). The van der Waals surface area contributed by atoms with Gasteiger partial charge in [-0.1, -0.05) is 0 Å². The van der Waals surface area contributed by atoms with Gasteiger partial charge >= 0.3 is 0 Å². The number of primary amides is 1. The number of rotatable bonds is 7. The highest BCUT2D eigenvalue weighted by atomic mass is 32.2. The van der Waals surface area contributed by atoms with Crippen LogP contribution in [0.15, 0.2) is 0 Å². The fourth-order valence-corrected chi connectivity index (χ4v) is 2.21. The molecule has 0 fully saturated rings. The molecule has 0 bridgehead atoms. The van der Waals surface area contributed by atoms with Gasteiger partial charge in [-0.15, -0.1) is 0 Å². The van der Waals surface area contributed by atoms with Crippen LogP contribution in [-0.2, 0) is 14.9 Å². The lowest BCUT2D eigenvalue weighted by atomic mass is 10.5. The molecule has 0 aliphatic rings. The fraction of sp³-hybridized carbons (Fsp3) is 0.833. The van der Waals surface area contributed by atoms with E-state index in [0.717, 1.165) is 0 Å². The van der Waals surface area contributed by atoms with Gasteiger partial charge in [0.1, 0.15) is 0 Å². The summed E-state index contributed by atoms with van der Waals surface area (Å²) in [4.78, 5) is 10.3. The van der Waals surface area contributed by atoms with E-state index in [1.54, 1.807) is 0 Å². The second-order valence-corrected chi connectivity index (χ2v) is 5.27. The van der Waals surface area contributed by atoms with Crippen molar-refractivity contribution in [3.63, 3.8) is 0 Å². The summed E-state index contributed by atoms with van der Waals surface area (Å²) in [5, 5.41) is 0. The van der Waals surface area contributed by atoms with Gasteiger partial charge in [0.2, 0.25) is 5.91 Å². The van der Waals surface area contributed by atoms with Gasteiger partial charge in [0, 0.05) is 12.2 Å². The van der Waals surface area contributed by atoms with Gasteiger partial charge in [-0.05, 0) is 12.2 Å². The fourth-order valence-electron chi connectivity index (χ4n) is 0.618. The second kappa shape index (κ2) is 6.22. The van der Waals surface area contributed by atoms with E-state index in [1.165, 1.54) is 11.8 Å². The number of hydrogen-bond donors (Lipinski definition) is 2. The zero-order valence-electron chi connectivity index (χ0n) is 7.10. The first-order valence-corrected chi connectivity index (χ1v) is 6.49. The predicted molar refractivity (Wildman–Crippen MR) is 52.2 cm³/mol. The van der Waals surface area contributed by atoms with Crippen LogP contribution in [0.4, 0.5) is 0 Å². The van der Waals surface area contributed by atoms with E-state index in [0.29, 0.717) is 24.3 Å². The third-order valence-corrected chi connectivity index (χ3v) is 3.06. The van der Waals surface area contributed by atoms with Crippen molar-refractivity contribution in [1.82, 2.24) is 0 Å². The van der Waals surface area contributed by atoms with Crippen LogP contribution in [-0.4, -0.2) is 36.1 Å². The molecule has 0 rings (SSSR count). The summed E-state index contributed by atoms with van der Waals surface area (Å²) in [6.07, 6.45) is 0.693. The number of hydrogen-bond acceptors (Lipinski definition) is 4. The molecule has 0 heterocycles. The zero-order chi connectivity index (χ0) is 10.3. The van der Waals surface area contributed by atoms with E-state index in [1.807, 2.05) is 0 Å². The molecule has 0 aromatic carbocycles. The minimum absolute atomic E-state index is 0.226. The van der Waals surface area contributed by atoms with Gasteiger partial charge in [0.05, 0.1) is 5.75 Å². The minimum atomic E-state index is -3.83. The van der Waals surface area contributed by atoms with Crippen molar-refractivity contribution in [1.29, 1.82) is 0 Å². The maximum absolute atomic E-state index is 10.3. The van der Waals surface area contributed by atoms with Crippen molar-refractivity contribution in [3.8, 4) is 0 Å². The first-order valence-electron chi connectivity index (χ1n) is 3.73. The Morgan fingerprint density at radius 3 is 2.46 bits per heavy atom. The third-order valence-electron chi connectivity index (χ3n) is 1.18. The molecule has 0 aromatic heterocycles. The number of thioether (sulfide) groups is 1. The molecule has 5 nitrogen and oxygen atoms in total. The molecule has 0 spiro atoms. The van der Waals surface area contributed by atoms with Crippen molar-refractivity contribution >= 4 is 27.8 Å². The average Bonchev–Trinajstić information content (AvgIpc) is 1.93. The average molecular weight is 227 g/mol. The van der Waals surface area contributed by atoms with E-state index in [9.17, 15) is 13.2 Å². The monoisotopic (exact) mass is 227 g/mol. The number of nitrogens with two attached hydrogens (primary N) is 1. The Balaban J connectivity index is 3.23. The molecule has 13 heavy (non-hydrogen) atoms. The topological polar surface area (TPSA) is 97.5 Å². The van der Waals surface area contributed by atoms with Gasteiger partial charge in [-0.25, -0.2) is 0 Å². The zero-order valence-corrected chi connectivity index (χ0v) is 8.73. The molecular formula is C6H13NO4S2. The summed E-state index contributed by atoms with van der Waals surface area (Å²) in [6.45, 7) is 0. The van der Waals surface area contributed by atoms with E-state index >= 15 is 0 Å². The van der Waals surface area contributed by atoms with E-state index in [2.05, 4.69) is 0 Å². The molecule has 0 aromatic rings. The molecule has 0 atom stereocenters. The molecule has 0 aliphatic carbocycles. The molecule has 3 N–H and O–H groups in total. The smallest absolute Gasteiger partial charge is 0.264 e. The maximum Gasteiger partial charge on any atom is 0.264 e. The molecule has 0 saturated carbocycles. The molecule has 1 amide bonds. The second-order valence-electron chi connectivity index (χ2n) is 2.47. The molecule has 0 unspecified atom stereocenters. The highest BCUT2D eigenvalue weighted by molar-refractivity contribution is 7.99. The van der Waals surface area contributed by atoms with Gasteiger partial charge in [0.15, 0.2) is 0 Å². The van der Waals surface area contributed by atoms with Crippen molar-refractivity contribution in [2.24, 2.45) is 5.73 Å². The largest absolute Gasteiger partial charge is 0.370 e. The Hall–Kier alpha value is -0.270. The van der Waals surface area contributed by atoms with Crippen molar-refractivity contribution in [2.75, 3.05) is 17.3 Å². The molecular weight excluding hydrogens is 214 g/mol. The van der Waals surface area contributed by atoms with Crippen molar-refractivity contribution in [3.05, 3.63) is 0 Å². The summed E-state index contributed by atoms with van der Waals surface area (Å²) < 4.78 is 28.8. The van der Waals surface area contributed by atoms with Crippen LogP contribution < -0.4 is 5.73 Å². The molecule has 0 saturated heterocycles. The number of amides is 1. The lowest BCUT2D eigenvalue weighted by Crippen LogP contribution is -2.11. The van der Waals surface area contributed by atoms with Crippen LogP contribution in [0.2, 0.25) is 0 Å². The molecule has 0 radical (unpaired) electrons. The van der Waals surface area contributed by atoms with Crippen LogP contribution in [0, 0.1) is 0 Å². The van der Waals surface area contributed by atoms with E-state index < -0.39 is 10.1 Å². The van der Waals surface area contributed by atoms with E-state index in [-0.39, 0.29) is 11.7 Å². The SMILES string of the molecule is NC(=O)CCSCCCS(=O)(=O)O. The molecule has 0 aliphatic heterocycles. The Kier molecular flexibility index (Phi) is 6.10. The predicted octanol–water partition coefficient (Wildman–Crippen LogP) is -0.127. The lowest BCUT2D eigenvalue weighted by molar-refractivity contribution is -0.117. The number of carbonyl (C=O) groups is 1. The van der Waals surface area contributed by atoms with Gasteiger partial charge in [-0.3, -0.25) is 9.35 Å². The van der Waals surface area contributed by atoms with Crippen LogP contribution in [0.25, 0.3) is 0 Å². The first kappa shape index (κ1) is 12.7. The normalized spacial score (nSPS) is 11.5. The Bertz CT molecular complexity index is 249. The molecule has 78 valence electrons. The quantitative estimate of drug-likeness (QED) is 0.466. The summed E-state index contributed by atoms with van der Waals surface area (Å²) in [5.41, 5.74) is 4.89. The highest BCUT2D eigenvalue weighted by Gasteiger charge is 2.03. The highest BCUT2D eigenvalue weighted by Crippen LogP contribution is 2.04. The van der Waals surface area contributed by atoms with E-state index in [4.69, 9.17) is 10.3 Å². The summed E-state index contributed by atoms with van der Waals surface area (Å²) in [7, 11) is -3.83. The minimum Gasteiger partial charge on any atom is -0.370 e. The Morgan fingerprint density at radius 1 is 1.38 bits per heavy atom. The van der Waals surface area contributed by atoms with Gasteiger partial charge in [0.25, 0.3) is 10.1 Å². The van der Waals surface area contributed by atoms with Crippen molar-refractivity contribution < 1.29 is 17.8 Å². The number of carbonyl (C=O) groups excluding carboxylic acids is 1. The van der Waals surface area contributed by atoms with Gasteiger partial charge < -0.3 is 5.73 Å². The maximum atomic E-state index is 10.3. The first-order chi connectivity index (χ1) is 5.92. The van der Waals surface area contributed by atoms with Crippen LogP contribution in [0.3, 0.4) is 0 Å². The Labute approximate surface area is 81.8 Å². The van der Waals surface area contributed by atoms with Crippen LogP contribution in [0.5, 0.6) is 0 Å². The van der Waals surface area contributed by atoms with Gasteiger partial charge in [-0.2, -0.15) is 20.2 Å². The van der Waals surface area contributed by atoms with Crippen LogP contribution >= 0.6 is 11.8 Å². The molecule has 7 heteroatoms. The lowest BCUT2D eigenvalue weighted by Gasteiger charge is -1.98. The summed E-state index contributed by atoms with van der Waals surface area (Å²) in [6, 6.07) is 0. The summed E-state index contributed by atoms with van der Waals surface area (Å²) >= 11 is 1.45. The Morgan fingerprint density at radius 2 is 2.00 bits per heavy atom. The van der Waals surface area contributed by atoms with Crippen LogP contribution in [0.1, 0.15) is 12.8 Å². The third kappa shape index (κ3) is 11.7. The van der Waals surface area contributed by atoms with Crippen molar-refractivity contribution in [2.45, 2.75) is 12.8 Å².